The van der Waals surface area contributed by atoms with Crippen molar-refractivity contribution in [2.75, 3.05) is 24.6 Å². The van der Waals surface area contributed by atoms with Crippen LogP contribution in [-0.2, 0) is 15.4 Å². The smallest absolute Gasteiger partial charge is 0.300 e. The van der Waals surface area contributed by atoms with Crippen LogP contribution < -0.4 is 14.4 Å². The van der Waals surface area contributed by atoms with Gasteiger partial charge in [0.2, 0.25) is 0 Å². The molecule has 1 amide bonds. The molecule has 0 bridgehead atoms. The van der Waals surface area contributed by atoms with E-state index < -0.39 is 27.9 Å². The molecule has 0 radical (unpaired) electrons. The Hall–Kier alpha value is -3.14. The molecule has 1 fully saturated rings. The van der Waals surface area contributed by atoms with Crippen LogP contribution in [0.4, 0.5) is 14.5 Å². The van der Waals surface area contributed by atoms with Crippen LogP contribution in [0.5, 0.6) is 5.75 Å². The fraction of sp³-hybridized carbons (Fsp3) is 0.375. The van der Waals surface area contributed by atoms with E-state index in [2.05, 4.69) is 0 Å². The number of halogens is 2. The van der Waals surface area contributed by atoms with Crippen molar-refractivity contribution < 1.29 is 31.1 Å². The normalized spacial score (nSPS) is 14.8. The second kappa shape index (κ2) is 8.57. The Labute approximate surface area is 196 Å². The van der Waals surface area contributed by atoms with Gasteiger partial charge in [-0.3, -0.25) is 4.79 Å². The number of ether oxygens (including phenoxy) is 1. The van der Waals surface area contributed by atoms with Crippen LogP contribution in [0.3, 0.4) is 0 Å². The largest absolute Gasteiger partial charge is 0.492 e. The van der Waals surface area contributed by atoms with Crippen molar-refractivity contribution in [3.63, 3.8) is 0 Å². The number of nitrogens with zero attached hydrogens (tertiary/aromatic N) is 1. The van der Waals surface area contributed by atoms with E-state index in [1.54, 1.807) is 24.0 Å². The molecular formula is C24H26F2N2O5S. The second-order valence-electron chi connectivity index (χ2n) is 9.23. The highest BCUT2D eigenvalue weighted by molar-refractivity contribution is 7.90. The number of carbonyl (C=O) groups is 1. The summed E-state index contributed by atoms with van der Waals surface area (Å²) in [5.74, 6) is -1.96. The molecule has 1 aliphatic heterocycles. The average Bonchev–Trinajstić information content (AvgIpc) is 3.16. The van der Waals surface area contributed by atoms with Crippen molar-refractivity contribution in [3.05, 3.63) is 53.5 Å². The highest BCUT2D eigenvalue weighted by Crippen LogP contribution is 2.33. The number of amides is 1. The van der Waals surface area contributed by atoms with E-state index in [0.29, 0.717) is 5.69 Å². The van der Waals surface area contributed by atoms with Gasteiger partial charge in [0, 0.05) is 17.8 Å². The van der Waals surface area contributed by atoms with Gasteiger partial charge in [0.05, 0.1) is 25.1 Å². The first kappa shape index (κ1) is 24.0. The lowest BCUT2D eigenvalue weighted by Crippen LogP contribution is -2.48. The fourth-order valence-electron chi connectivity index (χ4n) is 3.70. The number of hydrogen-bond donors (Lipinski definition) is 1. The SMILES string of the molecule is CCOc1ccc(C(C)(C)C)cc1S(=O)(=O)NC(=O)c1cc2c(F)cc(N3CC(F)C3)cc2o1. The number of anilines is 1. The molecule has 1 N–H and O–H groups in total. The van der Waals surface area contributed by atoms with Gasteiger partial charge in [-0.05, 0) is 36.1 Å². The minimum absolute atomic E-state index is 0.0216. The van der Waals surface area contributed by atoms with Gasteiger partial charge >= 0.3 is 5.91 Å². The van der Waals surface area contributed by atoms with E-state index in [9.17, 15) is 22.0 Å². The maximum absolute atomic E-state index is 14.6. The predicted octanol–water partition coefficient (Wildman–Crippen LogP) is 4.54. The van der Waals surface area contributed by atoms with E-state index in [4.69, 9.17) is 9.15 Å². The molecule has 1 aliphatic rings. The van der Waals surface area contributed by atoms with E-state index in [0.717, 1.165) is 11.6 Å². The molecule has 182 valence electrons. The molecular weight excluding hydrogens is 466 g/mol. The molecule has 0 atom stereocenters. The molecule has 2 aromatic carbocycles. The van der Waals surface area contributed by atoms with Crippen LogP contribution in [0.25, 0.3) is 11.0 Å². The summed E-state index contributed by atoms with van der Waals surface area (Å²) in [5.41, 5.74) is 0.882. The zero-order valence-corrected chi connectivity index (χ0v) is 20.1. The minimum Gasteiger partial charge on any atom is -0.492 e. The van der Waals surface area contributed by atoms with Crippen molar-refractivity contribution >= 4 is 32.6 Å². The first-order valence-corrected chi connectivity index (χ1v) is 12.3. The summed E-state index contributed by atoms with van der Waals surface area (Å²) in [5, 5.41) is 0.0216. The van der Waals surface area contributed by atoms with Gasteiger partial charge in [0.1, 0.15) is 28.2 Å². The van der Waals surface area contributed by atoms with Crippen LogP contribution in [0.15, 0.2) is 45.7 Å². The number of rotatable bonds is 6. The van der Waals surface area contributed by atoms with Gasteiger partial charge in [-0.2, -0.15) is 0 Å². The maximum atomic E-state index is 14.6. The topological polar surface area (TPSA) is 88.8 Å². The van der Waals surface area contributed by atoms with Gasteiger partial charge in [-0.25, -0.2) is 21.9 Å². The standard InChI is InChI=1S/C24H26F2N2O5S/c1-5-32-19-7-6-14(24(2,3)4)8-22(19)34(30,31)27-23(29)21-11-17-18(26)9-16(10-20(17)33-21)28-12-15(25)13-28/h6-11,15H,5,12-13H2,1-4H3,(H,27,29). The van der Waals surface area contributed by atoms with Crippen molar-refractivity contribution in [1.29, 1.82) is 0 Å². The van der Waals surface area contributed by atoms with E-state index >= 15 is 0 Å². The molecule has 0 unspecified atom stereocenters. The van der Waals surface area contributed by atoms with E-state index in [-0.39, 0.29) is 52.5 Å². The van der Waals surface area contributed by atoms with Gasteiger partial charge in [0.15, 0.2) is 5.76 Å². The third-order valence-electron chi connectivity index (χ3n) is 5.62. The molecule has 10 heteroatoms. The van der Waals surface area contributed by atoms with Crippen molar-refractivity contribution in [1.82, 2.24) is 4.72 Å². The zero-order chi connectivity index (χ0) is 24.8. The Kier molecular flexibility index (Phi) is 6.05. The van der Waals surface area contributed by atoms with Gasteiger partial charge in [0.25, 0.3) is 10.0 Å². The highest BCUT2D eigenvalue weighted by Gasteiger charge is 2.29. The van der Waals surface area contributed by atoms with Gasteiger partial charge in [-0.15, -0.1) is 0 Å². The molecule has 0 saturated carbocycles. The van der Waals surface area contributed by atoms with Crippen LogP contribution >= 0.6 is 0 Å². The number of carbonyl (C=O) groups excluding carboxylic acids is 1. The number of benzene rings is 2. The van der Waals surface area contributed by atoms with Gasteiger partial charge in [-0.1, -0.05) is 26.8 Å². The Morgan fingerprint density at radius 2 is 1.91 bits per heavy atom. The fourth-order valence-corrected chi connectivity index (χ4v) is 4.83. The maximum Gasteiger partial charge on any atom is 0.300 e. The molecule has 0 spiro atoms. The summed E-state index contributed by atoms with van der Waals surface area (Å²) < 4.78 is 66.9. The quantitative estimate of drug-likeness (QED) is 0.543. The summed E-state index contributed by atoms with van der Waals surface area (Å²) >= 11 is 0. The molecule has 7 nitrogen and oxygen atoms in total. The first-order valence-electron chi connectivity index (χ1n) is 10.9. The van der Waals surface area contributed by atoms with Crippen LogP contribution in [0.2, 0.25) is 0 Å². The Morgan fingerprint density at radius 3 is 2.53 bits per heavy atom. The summed E-state index contributed by atoms with van der Waals surface area (Å²) in [4.78, 5) is 14.2. The third kappa shape index (κ3) is 4.59. The van der Waals surface area contributed by atoms with Crippen molar-refractivity contribution in [3.8, 4) is 5.75 Å². The molecule has 0 aliphatic carbocycles. The molecule has 34 heavy (non-hydrogen) atoms. The third-order valence-corrected chi connectivity index (χ3v) is 6.98. The first-order chi connectivity index (χ1) is 15.9. The lowest BCUT2D eigenvalue weighted by atomic mass is 9.87. The van der Waals surface area contributed by atoms with Crippen molar-refractivity contribution in [2.24, 2.45) is 0 Å². The van der Waals surface area contributed by atoms with E-state index in [1.807, 2.05) is 25.5 Å². The summed E-state index contributed by atoms with van der Waals surface area (Å²) in [7, 11) is -4.34. The van der Waals surface area contributed by atoms with Crippen LogP contribution in [0.1, 0.15) is 43.8 Å². The minimum atomic E-state index is -4.34. The molecule has 2 heterocycles. The Morgan fingerprint density at radius 1 is 1.21 bits per heavy atom. The monoisotopic (exact) mass is 492 g/mol. The van der Waals surface area contributed by atoms with Crippen molar-refractivity contribution in [2.45, 2.75) is 44.2 Å². The summed E-state index contributed by atoms with van der Waals surface area (Å²) in [6, 6.07) is 8.66. The Bertz CT molecular complexity index is 1360. The molecule has 1 aromatic heterocycles. The predicted molar refractivity (Wildman–Crippen MR) is 124 cm³/mol. The van der Waals surface area contributed by atoms with Crippen LogP contribution in [0, 0.1) is 5.82 Å². The second-order valence-corrected chi connectivity index (χ2v) is 10.9. The average molecular weight is 493 g/mol. The number of alkyl halides is 1. The van der Waals surface area contributed by atoms with E-state index in [1.165, 1.54) is 18.2 Å². The number of nitrogens with one attached hydrogen (secondary N) is 1. The number of hydrogen-bond acceptors (Lipinski definition) is 6. The number of fused-ring (bicyclic) bond motifs is 1. The van der Waals surface area contributed by atoms with Crippen LogP contribution in [-0.4, -0.2) is 40.2 Å². The lowest BCUT2D eigenvalue weighted by Gasteiger charge is -2.36. The van der Waals surface area contributed by atoms with Gasteiger partial charge < -0.3 is 14.1 Å². The Balaban J connectivity index is 1.65. The lowest BCUT2D eigenvalue weighted by molar-refractivity contribution is 0.0956. The zero-order valence-electron chi connectivity index (χ0n) is 19.3. The number of furan rings is 1. The summed E-state index contributed by atoms with van der Waals surface area (Å²) in [6.45, 7) is 8.04. The molecule has 1 saturated heterocycles. The highest BCUT2D eigenvalue weighted by atomic mass is 32.2. The molecule has 3 aromatic rings. The number of sulfonamides is 1. The molecule has 4 rings (SSSR count). The summed E-state index contributed by atoms with van der Waals surface area (Å²) in [6.07, 6.45) is -0.972.